The summed E-state index contributed by atoms with van der Waals surface area (Å²) in [5.74, 6) is 0.839. The molecule has 1 N–H and O–H groups in total. The van der Waals surface area contributed by atoms with E-state index in [0.29, 0.717) is 17.3 Å². The van der Waals surface area contributed by atoms with Gasteiger partial charge in [-0.25, -0.2) is 0 Å². The fraction of sp³-hybridized carbons (Fsp3) is 0.476. The van der Waals surface area contributed by atoms with Crippen LogP contribution in [0.4, 0.5) is 5.82 Å². The van der Waals surface area contributed by atoms with E-state index < -0.39 is 0 Å². The third-order valence-corrected chi connectivity index (χ3v) is 5.79. The van der Waals surface area contributed by atoms with Gasteiger partial charge in [-0.3, -0.25) is 9.59 Å². The average Bonchev–Trinajstić information content (AvgIpc) is 3.26. The number of carbonyl (C=O) groups excluding carboxylic acids is 1. The number of anilines is 1. The van der Waals surface area contributed by atoms with Crippen LogP contribution < -0.4 is 15.8 Å². The number of benzene rings is 1. The highest BCUT2D eigenvalue weighted by Gasteiger charge is 2.27. The van der Waals surface area contributed by atoms with Crippen molar-refractivity contribution in [2.75, 3.05) is 31.1 Å². The first-order valence-electron chi connectivity index (χ1n) is 10.1. The van der Waals surface area contributed by atoms with Gasteiger partial charge in [-0.15, -0.1) is 5.10 Å². The first-order valence-corrected chi connectivity index (χ1v) is 10.5. The molecule has 2 aromatic rings. The largest absolute Gasteiger partial charge is 0.376 e. The maximum Gasteiger partial charge on any atom is 0.271 e. The summed E-state index contributed by atoms with van der Waals surface area (Å²) in [4.78, 5) is 26.8. The number of nitrogens with zero attached hydrogens (tertiary/aromatic N) is 3. The zero-order valence-electron chi connectivity index (χ0n) is 16.2. The van der Waals surface area contributed by atoms with Crippen LogP contribution in [0.1, 0.15) is 25.7 Å². The van der Waals surface area contributed by atoms with Crippen molar-refractivity contribution in [1.29, 1.82) is 0 Å². The average molecular weight is 417 g/mol. The lowest BCUT2D eigenvalue weighted by atomic mass is 9.96. The van der Waals surface area contributed by atoms with Crippen molar-refractivity contribution in [3.05, 3.63) is 51.8 Å². The summed E-state index contributed by atoms with van der Waals surface area (Å²) in [7, 11) is 0. The Kier molecular flexibility index (Phi) is 6.16. The van der Waals surface area contributed by atoms with E-state index in [1.807, 2.05) is 0 Å². The monoisotopic (exact) mass is 416 g/mol. The molecule has 1 amide bonds. The number of halogens is 1. The number of hydrogen-bond acceptors (Lipinski definition) is 5. The van der Waals surface area contributed by atoms with Crippen molar-refractivity contribution < 1.29 is 9.53 Å². The molecule has 0 saturated carbocycles. The summed E-state index contributed by atoms with van der Waals surface area (Å²) in [6.07, 6.45) is 3.77. The second-order valence-electron chi connectivity index (χ2n) is 7.56. The smallest absolute Gasteiger partial charge is 0.271 e. The van der Waals surface area contributed by atoms with E-state index in [0.717, 1.165) is 51.2 Å². The molecule has 7 nitrogen and oxygen atoms in total. The molecule has 29 heavy (non-hydrogen) atoms. The van der Waals surface area contributed by atoms with E-state index in [4.69, 9.17) is 16.3 Å². The highest BCUT2D eigenvalue weighted by atomic mass is 35.5. The number of aromatic nitrogens is 2. The van der Waals surface area contributed by atoms with Gasteiger partial charge in [-0.2, -0.15) is 4.68 Å². The van der Waals surface area contributed by atoms with Gasteiger partial charge >= 0.3 is 0 Å². The fourth-order valence-electron chi connectivity index (χ4n) is 3.90. The number of piperidine rings is 1. The Bertz CT molecular complexity index is 918. The number of rotatable bonds is 5. The number of amides is 1. The van der Waals surface area contributed by atoms with E-state index >= 15 is 0 Å². The van der Waals surface area contributed by atoms with Gasteiger partial charge in [0.15, 0.2) is 0 Å². The summed E-state index contributed by atoms with van der Waals surface area (Å²) in [5, 5.41) is 8.11. The first-order chi connectivity index (χ1) is 14.1. The Morgan fingerprint density at radius 1 is 1.21 bits per heavy atom. The lowest BCUT2D eigenvalue weighted by Gasteiger charge is -2.32. The van der Waals surface area contributed by atoms with Crippen molar-refractivity contribution in [1.82, 2.24) is 15.1 Å². The van der Waals surface area contributed by atoms with Crippen molar-refractivity contribution in [2.24, 2.45) is 5.92 Å². The highest BCUT2D eigenvalue weighted by molar-refractivity contribution is 6.30. The Labute approximate surface area is 174 Å². The van der Waals surface area contributed by atoms with E-state index in [-0.39, 0.29) is 23.5 Å². The summed E-state index contributed by atoms with van der Waals surface area (Å²) in [6.45, 7) is 2.84. The van der Waals surface area contributed by atoms with Crippen LogP contribution in [-0.4, -0.2) is 48.0 Å². The van der Waals surface area contributed by atoms with Crippen LogP contribution in [0.15, 0.2) is 41.2 Å². The number of carbonyl (C=O) groups is 1. The molecular weight excluding hydrogens is 392 g/mol. The summed E-state index contributed by atoms with van der Waals surface area (Å²) < 4.78 is 6.93. The van der Waals surface area contributed by atoms with Crippen molar-refractivity contribution in [2.45, 2.75) is 31.8 Å². The maximum atomic E-state index is 12.5. The van der Waals surface area contributed by atoms with Gasteiger partial charge in [0.25, 0.3) is 5.56 Å². The van der Waals surface area contributed by atoms with Crippen LogP contribution in [-0.2, 0) is 9.53 Å². The van der Waals surface area contributed by atoms with Crippen molar-refractivity contribution >= 4 is 23.3 Å². The van der Waals surface area contributed by atoms with Gasteiger partial charge in [-0.05, 0) is 49.9 Å². The van der Waals surface area contributed by atoms with Gasteiger partial charge in [0.05, 0.1) is 11.8 Å². The molecule has 2 aliphatic heterocycles. The van der Waals surface area contributed by atoms with Gasteiger partial charge < -0.3 is 15.0 Å². The molecule has 0 bridgehead atoms. The molecule has 2 saturated heterocycles. The predicted molar refractivity (Wildman–Crippen MR) is 112 cm³/mol. The van der Waals surface area contributed by atoms with Crippen LogP contribution >= 0.6 is 11.6 Å². The molecule has 3 heterocycles. The third-order valence-electron chi connectivity index (χ3n) is 5.56. The van der Waals surface area contributed by atoms with Gasteiger partial charge in [0, 0.05) is 43.2 Å². The lowest BCUT2D eigenvalue weighted by Crippen LogP contribution is -2.43. The van der Waals surface area contributed by atoms with Crippen LogP contribution in [0.25, 0.3) is 5.69 Å². The molecule has 1 unspecified atom stereocenters. The quantitative estimate of drug-likeness (QED) is 0.809. The van der Waals surface area contributed by atoms with E-state index in [1.165, 1.54) is 10.7 Å². The number of nitrogens with one attached hydrogen (secondary N) is 1. The minimum Gasteiger partial charge on any atom is -0.376 e. The lowest BCUT2D eigenvalue weighted by molar-refractivity contribution is -0.126. The van der Waals surface area contributed by atoms with E-state index in [1.54, 1.807) is 30.3 Å². The Morgan fingerprint density at radius 2 is 2.03 bits per heavy atom. The SMILES string of the molecule is O=C(NCC1CCCO1)C1CCN(c2ccc(=O)n(-c3cccc(Cl)c3)n2)CC1. The molecule has 0 aliphatic carbocycles. The molecule has 1 atom stereocenters. The van der Waals surface area contributed by atoms with Gasteiger partial charge in [0.2, 0.25) is 5.91 Å². The van der Waals surface area contributed by atoms with Crippen molar-refractivity contribution in [3.63, 3.8) is 0 Å². The fourth-order valence-corrected chi connectivity index (χ4v) is 4.08. The molecule has 4 rings (SSSR count). The molecule has 1 aromatic carbocycles. The molecular formula is C21H25ClN4O3. The Balaban J connectivity index is 1.37. The van der Waals surface area contributed by atoms with Gasteiger partial charge in [0.1, 0.15) is 5.82 Å². The standard InChI is InChI=1S/C21H25ClN4O3/c22-16-3-1-4-17(13-16)26-20(27)7-6-19(24-26)25-10-8-15(9-11-25)21(28)23-14-18-5-2-12-29-18/h1,3-4,6-7,13,15,18H,2,5,8-12,14H2,(H,23,28). The predicted octanol–water partition coefficient (Wildman–Crippen LogP) is 2.40. The molecule has 0 spiro atoms. The molecule has 0 radical (unpaired) electrons. The van der Waals surface area contributed by atoms with Crippen LogP contribution in [0.2, 0.25) is 5.02 Å². The second kappa shape index (κ2) is 8.97. The maximum absolute atomic E-state index is 12.5. The third kappa shape index (κ3) is 4.79. The molecule has 1 aromatic heterocycles. The summed E-state index contributed by atoms with van der Waals surface area (Å²) in [6, 6.07) is 10.3. The van der Waals surface area contributed by atoms with Crippen molar-refractivity contribution in [3.8, 4) is 5.69 Å². The second-order valence-corrected chi connectivity index (χ2v) is 8.00. The topological polar surface area (TPSA) is 76.5 Å². The molecule has 2 aliphatic rings. The van der Waals surface area contributed by atoms with Crippen LogP contribution in [0.5, 0.6) is 0 Å². The molecule has 2 fully saturated rings. The minimum atomic E-state index is -0.209. The van der Waals surface area contributed by atoms with Crippen LogP contribution in [0, 0.1) is 5.92 Å². The van der Waals surface area contributed by atoms with Crippen LogP contribution in [0.3, 0.4) is 0 Å². The number of hydrogen-bond donors (Lipinski definition) is 1. The Morgan fingerprint density at radius 3 is 2.76 bits per heavy atom. The summed E-state index contributed by atoms with van der Waals surface area (Å²) >= 11 is 6.05. The normalized spacial score (nSPS) is 20.0. The summed E-state index contributed by atoms with van der Waals surface area (Å²) in [5.41, 5.74) is 0.423. The Hall–Kier alpha value is -2.38. The first kappa shape index (κ1) is 19.9. The van der Waals surface area contributed by atoms with E-state index in [2.05, 4.69) is 15.3 Å². The zero-order chi connectivity index (χ0) is 20.2. The van der Waals surface area contributed by atoms with E-state index in [9.17, 15) is 9.59 Å². The zero-order valence-corrected chi connectivity index (χ0v) is 17.0. The number of ether oxygens (including phenoxy) is 1. The molecule has 8 heteroatoms. The molecule has 154 valence electrons. The van der Waals surface area contributed by atoms with Gasteiger partial charge in [-0.1, -0.05) is 17.7 Å². The minimum absolute atomic E-state index is 0.00601. The highest BCUT2D eigenvalue weighted by Crippen LogP contribution is 2.22.